The first-order valence-electron chi connectivity index (χ1n) is 6.61. The molecule has 2 rings (SSSR count). The van der Waals surface area contributed by atoms with E-state index in [0.717, 1.165) is 6.54 Å². The topological polar surface area (TPSA) is 62.7 Å². The second kappa shape index (κ2) is 6.18. The number of halogens is 1. The van der Waals surface area contributed by atoms with Crippen molar-refractivity contribution in [2.75, 3.05) is 17.2 Å². The van der Waals surface area contributed by atoms with Crippen molar-refractivity contribution >= 4 is 23.5 Å². The summed E-state index contributed by atoms with van der Waals surface area (Å²) in [5, 5.41) is 6.61. The smallest absolute Gasteiger partial charge is 0.229 e. The van der Waals surface area contributed by atoms with Crippen molar-refractivity contribution in [1.29, 1.82) is 0 Å². The average molecular weight is 270 g/mol. The minimum atomic E-state index is 0.224. The summed E-state index contributed by atoms with van der Waals surface area (Å²) in [4.78, 5) is 12.4. The predicted molar refractivity (Wildman–Crippen MR) is 74.0 cm³/mol. The zero-order chi connectivity index (χ0) is 13.0. The lowest BCUT2D eigenvalue weighted by molar-refractivity contribution is 0.480. The van der Waals surface area contributed by atoms with Gasteiger partial charge in [0.05, 0.1) is 0 Å². The van der Waals surface area contributed by atoms with Crippen molar-refractivity contribution in [2.24, 2.45) is 5.92 Å². The summed E-state index contributed by atoms with van der Waals surface area (Å²) < 4.78 is 0. The van der Waals surface area contributed by atoms with Crippen LogP contribution >= 0.6 is 11.6 Å². The lowest BCUT2D eigenvalue weighted by Gasteiger charge is -2.20. The Morgan fingerprint density at radius 3 is 2.56 bits per heavy atom. The Hall–Kier alpha value is -1.10. The minimum Gasteiger partial charge on any atom is -0.354 e. The molecular weight excluding hydrogens is 250 g/mol. The summed E-state index contributed by atoms with van der Waals surface area (Å²) in [6.07, 6.45) is 5.23. The normalized spacial score (nSPS) is 17.7. The summed E-state index contributed by atoms with van der Waals surface area (Å²) >= 11 is 5.89. The maximum absolute atomic E-state index is 5.89. The molecule has 1 unspecified atom stereocenters. The summed E-state index contributed by atoms with van der Waals surface area (Å²) in [5.74, 6) is 1.80. The fourth-order valence-electron chi connectivity index (χ4n) is 2.43. The monoisotopic (exact) mass is 269 g/mol. The Morgan fingerprint density at radius 1 is 1.22 bits per heavy atom. The number of rotatable bonds is 5. The van der Waals surface area contributed by atoms with Crippen molar-refractivity contribution in [3.05, 3.63) is 5.28 Å². The third kappa shape index (κ3) is 3.45. The van der Waals surface area contributed by atoms with Gasteiger partial charge < -0.3 is 10.6 Å². The highest BCUT2D eigenvalue weighted by Gasteiger charge is 2.22. The van der Waals surface area contributed by atoms with E-state index in [0.29, 0.717) is 23.9 Å². The molecule has 1 heterocycles. The molecule has 1 aromatic heterocycles. The van der Waals surface area contributed by atoms with Crippen molar-refractivity contribution in [2.45, 2.75) is 45.6 Å². The second-order valence-electron chi connectivity index (χ2n) is 4.76. The summed E-state index contributed by atoms with van der Waals surface area (Å²) in [7, 11) is 0. The van der Waals surface area contributed by atoms with E-state index in [-0.39, 0.29) is 5.28 Å². The first-order chi connectivity index (χ1) is 8.69. The van der Waals surface area contributed by atoms with E-state index in [1.54, 1.807) is 0 Å². The third-order valence-electron chi connectivity index (χ3n) is 3.41. The van der Waals surface area contributed by atoms with Gasteiger partial charge in [-0.1, -0.05) is 12.8 Å². The molecule has 1 saturated carbocycles. The summed E-state index contributed by atoms with van der Waals surface area (Å²) in [6.45, 7) is 4.94. The number of nitrogens with one attached hydrogen (secondary N) is 2. The van der Waals surface area contributed by atoms with Gasteiger partial charge in [0, 0.05) is 12.6 Å². The first kappa shape index (κ1) is 13.3. The highest BCUT2D eigenvalue weighted by atomic mass is 35.5. The van der Waals surface area contributed by atoms with Crippen LogP contribution in [0.3, 0.4) is 0 Å². The number of hydrogen-bond donors (Lipinski definition) is 2. The molecule has 1 atom stereocenters. The van der Waals surface area contributed by atoms with Crippen LogP contribution in [0.2, 0.25) is 5.28 Å². The van der Waals surface area contributed by atoms with Crippen LogP contribution in [0.4, 0.5) is 11.9 Å². The molecule has 0 bridgehead atoms. The number of nitrogens with zero attached hydrogens (tertiary/aromatic N) is 3. The van der Waals surface area contributed by atoms with Crippen LogP contribution in [-0.4, -0.2) is 27.5 Å². The van der Waals surface area contributed by atoms with E-state index in [1.165, 1.54) is 25.7 Å². The number of anilines is 2. The van der Waals surface area contributed by atoms with Gasteiger partial charge in [-0.25, -0.2) is 0 Å². The molecule has 1 aliphatic rings. The van der Waals surface area contributed by atoms with Gasteiger partial charge in [-0.3, -0.25) is 0 Å². The number of hydrogen-bond acceptors (Lipinski definition) is 5. The van der Waals surface area contributed by atoms with Crippen LogP contribution in [0.25, 0.3) is 0 Å². The van der Waals surface area contributed by atoms with Crippen LogP contribution in [0.5, 0.6) is 0 Å². The zero-order valence-corrected chi connectivity index (χ0v) is 11.7. The molecule has 1 aliphatic carbocycles. The second-order valence-corrected chi connectivity index (χ2v) is 5.10. The van der Waals surface area contributed by atoms with Crippen LogP contribution in [0, 0.1) is 5.92 Å². The van der Waals surface area contributed by atoms with E-state index >= 15 is 0 Å². The van der Waals surface area contributed by atoms with Crippen LogP contribution in [0.1, 0.15) is 39.5 Å². The van der Waals surface area contributed by atoms with Crippen molar-refractivity contribution < 1.29 is 0 Å². The SMILES string of the molecule is CCNc1nc(Cl)nc(NC(C)C2CCCC2)n1. The Kier molecular flexibility index (Phi) is 4.58. The Balaban J connectivity index is 2.03. The average Bonchev–Trinajstić information content (AvgIpc) is 2.81. The Bertz CT molecular complexity index is 392. The van der Waals surface area contributed by atoms with Gasteiger partial charge in [0.2, 0.25) is 17.2 Å². The molecule has 0 radical (unpaired) electrons. The van der Waals surface area contributed by atoms with E-state index < -0.39 is 0 Å². The van der Waals surface area contributed by atoms with E-state index in [1.807, 2.05) is 6.92 Å². The van der Waals surface area contributed by atoms with Crippen LogP contribution in [0.15, 0.2) is 0 Å². The molecule has 0 aromatic carbocycles. The molecule has 0 spiro atoms. The summed E-state index contributed by atoms with van der Waals surface area (Å²) in [5.41, 5.74) is 0. The van der Waals surface area contributed by atoms with Gasteiger partial charge in [-0.15, -0.1) is 0 Å². The van der Waals surface area contributed by atoms with Crippen LogP contribution < -0.4 is 10.6 Å². The lowest BCUT2D eigenvalue weighted by atomic mass is 10.0. The molecule has 100 valence electrons. The fraction of sp³-hybridized carbons (Fsp3) is 0.750. The van der Waals surface area contributed by atoms with E-state index in [9.17, 15) is 0 Å². The highest BCUT2D eigenvalue weighted by molar-refractivity contribution is 6.28. The molecule has 1 aromatic rings. The van der Waals surface area contributed by atoms with Gasteiger partial charge in [0.15, 0.2) is 0 Å². The predicted octanol–water partition coefficient (Wildman–Crippen LogP) is 2.95. The van der Waals surface area contributed by atoms with Crippen molar-refractivity contribution in [3.8, 4) is 0 Å². The maximum Gasteiger partial charge on any atom is 0.229 e. The molecule has 6 heteroatoms. The molecule has 2 N–H and O–H groups in total. The molecular formula is C12H20ClN5. The Labute approximate surface area is 113 Å². The third-order valence-corrected chi connectivity index (χ3v) is 3.58. The van der Waals surface area contributed by atoms with Gasteiger partial charge in [0.1, 0.15) is 0 Å². The van der Waals surface area contributed by atoms with Crippen molar-refractivity contribution in [1.82, 2.24) is 15.0 Å². The molecule has 0 aliphatic heterocycles. The maximum atomic E-state index is 5.89. The van der Waals surface area contributed by atoms with Gasteiger partial charge in [0.25, 0.3) is 0 Å². The Morgan fingerprint density at radius 2 is 1.89 bits per heavy atom. The minimum absolute atomic E-state index is 0.224. The van der Waals surface area contributed by atoms with Gasteiger partial charge in [-0.05, 0) is 44.2 Å². The van der Waals surface area contributed by atoms with Crippen LogP contribution in [-0.2, 0) is 0 Å². The molecule has 18 heavy (non-hydrogen) atoms. The van der Waals surface area contributed by atoms with E-state index in [2.05, 4.69) is 32.5 Å². The fourth-order valence-corrected chi connectivity index (χ4v) is 2.59. The first-order valence-corrected chi connectivity index (χ1v) is 6.99. The van der Waals surface area contributed by atoms with Gasteiger partial charge in [-0.2, -0.15) is 15.0 Å². The molecule has 1 fully saturated rings. The molecule has 0 saturated heterocycles. The summed E-state index contributed by atoms with van der Waals surface area (Å²) in [6, 6.07) is 0.375. The quantitative estimate of drug-likeness (QED) is 0.861. The van der Waals surface area contributed by atoms with E-state index in [4.69, 9.17) is 11.6 Å². The zero-order valence-electron chi connectivity index (χ0n) is 10.9. The number of aromatic nitrogens is 3. The highest BCUT2D eigenvalue weighted by Crippen LogP contribution is 2.28. The standard InChI is InChI=1S/C12H20ClN5/c1-3-14-11-16-10(13)17-12(18-11)15-8(2)9-6-4-5-7-9/h8-9H,3-7H2,1-2H3,(H2,14,15,16,17,18). The largest absolute Gasteiger partial charge is 0.354 e. The lowest BCUT2D eigenvalue weighted by Crippen LogP contribution is -2.25. The molecule has 0 amide bonds. The molecule has 5 nitrogen and oxygen atoms in total. The van der Waals surface area contributed by atoms with Crippen molar-refractivity contribution in [3.63, 3.8) is 0 Å². The van der Waals surface area contributed by atoms with Gasteiger partial charge >= 0.3 is 0 Å².